The number of hydrogen-bond acceptors (Lipinski definition) is 3. The van der Waals surface area contributed by atoms with Gasteiger partial charge in [-0.3, -0.25) is 4.79 Å². The first-order valence-corrected chi connectivity index (χ1v) is 10.8. The minimum absolute atomic E-state index is 0.197. The maximum absolute atomic E-state index is 12.8. The summed E-state index contributed by atoms with van der Waals surface area (Å²) < 4.78 is 26.7. The molecule has 0 bridgehead atoms. The highest BCUT2D eigenvalue weighted by molar-refractivity contribution is 7.89. The molecule has 0 aliphatic heterocycles. The van der Waals surface area contributed by atoms with E-state index in [1.54, 1.807) is 31.2 Å². The summed E-state index contributed by atoms with van der Waals surface area (Å²) in [6, 6.07) is 14.3. The summed E-state index contributed by atoms with van der Waals surface area (Å²) in [5, 5.41) is 2.78. The lowest BCUT2D eigenvalue weighted by molar-refractivity contribution is -0.116. The van der Waals surface area contributed by atoms with Crippen LogP contribution < -0.4 is 5.32 Å². The lowest BCUT2D eigenvalue weighted by Crippen LogP contribution is -2.37. The maximum atomic E-state index is 12.8. The van der Waals surface area contributed by atoms with Crippen molar-refractivity contribution < 1.29 is 13.2 Å². The standard InChI is InChI=1S/C21H28N2O3S/c1-4-6-7-18-10-12-19(13-11-18)22-21(24)16-23(5-2)27(25,26)20-14-8-17(3)9-15-20/h8-15H,4-7,16H2,1-3H3,(H,22,24). The second-order valence-electron chi connectivity index (χ2n) is 6.59. The van der Waals surface area contributed by atoms with Gasteiger partial charge in [0.05, 0.1) is 11.4 Å². The number of nitrogens with zero attached hydrogens (tertiary/aromatic N) is 1. The van der Waals surface area contributed by atoms with Gasteiger partial charge in [0.25, 0.3) is 0 Å². The smallest absolute Gasteiger partial charge is 0.243 e. The first-order valence-electron chi connectivity index (χ1n) is 9.32. The van der Waals surface area contributed by atoms with Gasteiger partial charge in [-0.2, -0.15) is 4.31 Å². The average Bonchev–Trinajstić information content (AvgIpc) is 2.65. The van der Waals surface area contributed by atoms with Crippen molar-refractivity contribution in [2.45, 2.75) is 44.9 Å². The van der Waals surface area contributed by atoms with Gasteiger partial charge in [0.1, 0.15) is 0 Å². The second kappa shape index (κ2) is 9.67. The van der Waals surface area contributed by atoms with Crippen molar-refractivity contribution in [3.05, 3.63) is 59.7 Å². The summed E-state index contributed by atoms with van der Waals surface area (Å²) in [5.41, 5.74) is 2.88. The van der Waals surface area contributed by atoms with Gasteiger partial charge in [-0.05, 0) is 49.6 Å². The van der Waals surface area contributed by atoms with Crippen LogP contribution in [0.4, 0.5) is 5.69 Å². The van der Waals surface area contributed by atoms with Gasteiger partial charge in [-0.25, -0.2) is 8.42 Å². The highest BCUT2D eigenvalue weighted by Crippen LogP contribution is 2.17. The molecule has 0 aromatic heterocycles. The zero-order chi connectivity index (χ0) is 19.9. The average molecular weight is 389 g/mol. The Morgan fingerprint density at radius 2 is 1.63 bits per heavy atom. The third kappa shape index (κ3) is 5.91. The Morgan fingerprint density at radius 3 is 2.19 bits per heavy atom. The van der Waals surface area contributed by atoms with Crippen molar-refractivity contribution in [2.75, 3.05) is 18.4 Å². The van der Waals surface area contributed by atoms with Gasteiger partial charge in [0.2, 0.25) is 15.9 Å². The minimum atomic E-state index is -3.70. The molecular weight excluding hydrogens is 360 g/mol. The van der Waals surface area contributed by atoms with Crippen LogP contribution in [-0.2, 0) is 21.2 Å². The molecule has 146 valence electrons. The molecule has 2 aromatic carbocycles. The van der Waals surface area contributed by atoms with Crippen LogP contribution in [-0.4, -0.2) is 31.7 Å². The zero-order valence-electron chi connectivity index (χ0n) is 16.2. The number of hydrogen-bond donors (Lipinski definition) is 1. The molecule has 0 heterocycles. The molecule has 1 N–H and O–H groups in total. The fourth-order valence-corrected chi connectivity index (χ4v) is 4.13. The highest BCUT2D eigenvalue weighted by atomic mass is 32.2. The molecule has 0 fully saturated rings. The number of unbranched alkanes of at least 4 members (excludes halogenated alkanes) is 1. The Balaban J connectivity index is 2.02. The number of sulfonamides is 1. The van der Waals surface area contributed by atoms with Crippen LogP contribution in [0, 0.1) is 6.92 Å². The molecule has 6 heteroatoms. The monoisotopic (exact) mass is 388 g/mol. The molecule has 0 aliphatic rings. The normalized spacial score (nSPS) is 11.6. The molecule has 0 atom stereocenters. The SMILES string of the molecule is CCCCc1ccc(NC(=O)CN(CC)S(=O)(=O)c2ccc(C)cc2)cc1. The fourth-order valence-electron chi connectivity index (χ4n) is 2.72. The van der Waals surface area contributed by atoms with Crippen LogP contribution in [0.15, 0.2) is 53.4 Å². The van der Waals surface area contributed by atoms with Crippen LogP contribution in [0.3, 0.4) is 0 Å². The zero-order valence-corrected chi connectivity index (χ0v) is 17.1. The molecule has 2 aromatic rings. The Morgan fingerprint density at radius 1 is 1.00 bits per heavy atom. The molecule has 0 aliphatic carbocycles. The van der Waals surface area contributed by atoms with Crippen molar-refractivity contribution in [3.63, 3.8) is 0 Å². The number of amides is 1. The van der Waals surface area contributed by atoms with E-state index in [-0.39, 0.29) is 23.9 Å². The Bertz CT molecular complexity index is 844. The Labute approximate surface area is 162 Å². The topological polar surface area (TPSA) is 66.5 Å². The van der Waals surface area contributed by atoms with Crippen molar-refractivity contribution in [1.82, 2.24) is 4.31 Å². The van der Waals surface area contributed by atoms with Gasteiger partial charge in [-0.1, -0.05) is 50.1 Å². The van der Waals surface area contributed by atoms with E-state index in [1.807, 2.05) is 31.2 Å². The molecule has 2 rings (SSSR count). The van der Waals surface area contributed by atoms with Crippen LogP contribution in [0.1, 0.15) is 37.8 Å². The number of benzene rings is 2. The first kappa shape index (κ1) is 21.1. The number of carbonyl (C=O) groups excluding carboxylic acids is 1. The van der Waals surface area contributed by atoms with Gasteiger partial charge in [-0.15, -0.1) is 0 Å². The Kier molecular flexibility index (Phi) is 7.56. The predicted molar refractivity (Wildman–Crippen MR) is 109 cm³/mol. The number of nitrogens with one attached hydrogen (secondary N) is 1. The van der Waals surface area contributed by atoms with E-state index in [2.05, 4.69) is 12.2 Å². The van der Waals surface area contributed by atoms with Gasteiger partial charge in [0.15, 0.2) is 0 Å². The van der Waals surface area contributed by atoms with E-state index in [1.165, 1.54) is 9.87 Å². The second-order valence-corrected chi connectivity index (χ2v) is 8.53. The van der Waals surface area contributed by atoms with E-state index in [0.717, 1.165) is 24.8 Å². The summed E-state index contributed by atoms with van der Waals surface area (Å²) >= 11 is 0. The summed E-state index contributed by atoms with van der Waals surface area (Å²) in [7, 11) is -3.70. The van der Waals surface area contributed by atoms with Crippen LogP contribution in [0.5, 0.6) is 0 Å². The summed E-state index contributed by atoms with van der Waals surface area (Å²) in [6.07, 6.45) is 3.29. The molecule has 0 spiro atoms. The molecule has 0 saturated carbocycles. The van der Waals surface area contributed by atoms with Crippen molar-refractivity contribution in [1.29, 1.82) is 0 Å². The van der Waals surface area contributed by atoms with Crippen molar-refractivity contribution in [2.24, 2.45) is 0 Å². The lowest BCUT2D eigenvalue weighted by atomic mass is 10.1. The van der Waals surface area contributed by atoms with E-state index in [9.17, 15) is 13.2 Å². The summed E-state index contributed by atoms with van der Waals surface area (Å²) in [5.74, 6) is -0.353. The highest BCUT2D eigenvalue weighted by Gasteiger charge is 2.25. The number of aryl methyl sites for hydroxylation is 2. The van der Waals surface area contributed by atoms with Crippen LogP contribution in [0.2, 0.25) is 0 Å². The van der Waals surface area contributed by atoms with Gasteiger partial charge >= 0.3 is 0 Å². The number of anilines is 1. The van der Waals surface area contributed by atoms with E-state index in [4.69, 9.17) is 0 Å². The quantitative estimate of drug-likeness (QED) is 0.706. The lowest BCUT2D eigenvalue weighted by Gasteiger charge is -2.20. The minimum Gasteiger partial charge on any atom is -0.325 e. The number of likely N-dealkylation sites (N-methyl/N-ethyl adjacent to an activating group) is 1. The van der Waals surface area contributed by atoms with E-state index in [0.29, 0.717) is 5.69 Å². The fraction of sp³-hybridized carbons (Fsp3) is 0.381. The number of carbonyl (C=O) groups is 1. The molecule has 1 amide bonds. The molecular formula is C21H28N2O3S. The van der Waals surface area contributed by atoms with E-state index < -0.39 is 10.0 Å². The third-order valence-electron chi connectivity index (χ3n) is 4.39. The molecule has 0 unspecified atom stereocenters. The maximum Gasteiger partial charge on any atom is 0.243 e. The van der Waals surface area contributed by atoms with E-state index >= 15 is 0 Å². The van der Waals surface area contributed by atoms with Crippen LogP contribution >= 0.6 is 0 Å². The molecule has 27 heavy (non-hydrogen) atoms. The number of rotatable bonds is 9. The van der Waals surface area contributed by atoms with Crippen molar-refractivity contribution >= 4 is 21.6 Å². The van der Waals surface area contributed by atoms with Crippen LogP contribution in [0.25, 0.3) is 0 Å². The van der Waals surface area contributed by atoms with Gasteiger partial charge < -0.3 is 5.32 Å². The first-order chi connectivity index (χ1) is 12.9. The molecule has 0 radical (unpaired) electrons. The Hall–Kier alpha value is -2.18. The van der Waals surface area contributed by atoms with Gasteiger partial charge in [0, 0.05) is 12.2 Å². The summed E-state index contributed by atoms with van der Waals surface area (Å²) in [6.45, 7) is 5.78. The molecule has 0 saturated heterocycles. The molecule has 5 nitrogen and oxygen atoms in total. The van der Waals surface area contributed by atoms with Crippen molar-refractivity contribution in [3.8, 4) is 0 Å². The largest absolute Gasteiger partial charge is 0.325 e. The predicted octanol–water partition coefficient (Wildman–Crippen LogP) is 3.99. The summed E-state index contributed by atoms with van der Waals surface area (Å²) in [4.78, 5) is 12.6. The third-order valence-corrected chi connectivity index (χ3v) is 6.32.